The first-order valence-electron chi connectivity index (χ1n) is 9.13. The fraction of sp³-hybridized carbons (Fsp3) is 0.722. The van der Waals surface area contributed by atoms with Gasteiger partial charge in [0.1, 0.15) is 12.4 Å². The molecular formula is C18H28N4O3. The Hall–Kier alpha value is -1.89. The molecule has 3 rings (SSSR count). The third kappa shape index (κ3) is 4.60. The van der Waals surface area contributed by atoms with E-state index in [1.807, 2.05) is 6.07 Å². The van der Waals surface area contributed by atoms with Gasteiger partial charge in [-0.05, 0) is 31.6 Å². The molecule has 138 valence electrons. The maximum absolute atomic E-state index is 12.0. The molecule has 7 nitrogen and oxygen atoms in total. The lowest BCUT2D eigenvalue weighted by molar-refractivity contribution is -0.134. The predicted molar refractivity (Wildman–Crippen MR) is 94.7 cm³/mol. The summed E-state index contributed by atoms with van der Waals surface area (Å²) >= 11 is 0. The molecule has 25 heavy (non-hydrogen) atoms. The van der Waals surface area contributed by atoms with Crippen LogP contribution in [0.25, 0.3) is 0 Å². The fourth-order valence-electron chi connectivity index (χ4n) is 3.63. The number of nitrogens with zero attached hydrogens (tertiary/aromatic N) is 4. The van der Waals surface area contributed by atoms with Crippen molar-refractivity contribution in [2.24, 2.45) is 5.92 Å². The SMILES string of the molecule is COCc1nc(OC)cc(N2CCC(CN3CCCCC3=O)CC2)n1. The highest BCUT2D eigenvalue weighted by Crippen LogP contribution is 2.26. The summed E-state index contributed by atoms with van der Waals surface area (Å²) in [4.78, 5) is 25.2. The number of ether oxygens (including phenoxy) is 2. The second-order valence-electron chi connectivity index (χ2n) is 6.85. The number of anilines is 1. The summed E-state index contributed by atoms with van der Waals surface area (Å²) in [5.74, 6) is 3.02. The molecule has 0 unspecified atom stereocenters. The normalized spacial score (nSPS) is 19.4. The Labute approximate surface area is 149 Å². The van der Waals surface area contributed by atoms with Gasteiger partial charge < -0.3 is 19.3 Å². The Morgan fingerprint density at radius 2 is 1.96 bits per heavy atom. The van der Waals surface area contributed by atoms with E-state index in [2.05, 4.69) is 19.8 Å². The van der Waals surface area contributed by atoms with Crippen LogP contribution >= 0.6 is 0 Å². The van der Waals surface area contributed by atoms with E-state index in [4.69, 9.17) is 9.47 Å². The number of hydrogen-bond acceptors (Lipinski definition) is 6. The summed E-state index contributed by atoms with van der Waals surface area (Å²) in [6.07, 6.45) is 5.08. The number of rotatable bonds is 6. The zero-order chi connectivity index (χ0) is 17.6. The van der Waals surface area contributed by atoms with Gasteiger partial charge >= 0.3 is 0 Å². The van der Waals surface area contributed by atoms with Crippen LogP contribution in [0.5, 0.6) is 5.88 Å². The van der Waals surface area contributed by atoms with Crippen LogP contribution in [0, 0.1) is 5.92 Å². The summed E-state index contributed by atoms with van der Waals surface area (Å²) in [5, 5.41) is 0. The van der Waals surface area contributed by atoms with Gasteiger partial charge in [0.25, 0.3) is 0 Å². The lowest BCUT2D eigenvalue weighted by Crippen LogP contribution is -2.43. The van der Waals surface area contributed by atoms with Crippen molar-refractivity contribution in [2.75, 3.05) is 45.3 Å². The largest absolute Gasteiger partial charge is 0.481 e. The number of carbonyl (C=O) groups excluding carboxylic acids is 1. The van der Waals surface area contributed by atoms with Crippen molar-refractivity contribution >= 4 is 11.7 Å². The molecule has 1 amide bonds. The van der Waals surface area contributed by atoms with Gasteiger partial charge in [0.2, 0.25) is 11.8 Å². The second kappa shape index (κ2) is 8.47. The third-order valence-electron chi connectivity index (χ3n) is 5.06. The number of methoxy groups -OCH3 is 2. The highest BCUT2D eigenvalue weighted by Gasteiger charge is 2.26. The molecule has 0 atom stereocenters. The summed E-state index contributed by atoms with van der Waals surface area (Å²) in [7, 11) is 3.25. The maximum atomic E-state index is 12.0. The van der Waals surface area contributed by atoms with Crippen molar-refractivity contribution in [1.29, 1.82) is 0 Å². The van der Waals surface area contributed by atoms with Gasteiger partial charge in [-0.1, -0.05) is 0 Å². The molecule has 3 heterocycles. The number of piperidine rings is 2. The van der Waals surface area contributed by atoms with Gasteiger partial charge in [-0.3, -0.25) is 4.79 Å². The van der Waals surface area contributed by atoms with Crippen LogP contribution in [0.4, 0.5) is 5.82 Å². The van der Waals surface area contributed by atoms with Gasteiger partial charge in [-0.25, -0.2) is 4.98 Å². The lowest BCUT2D eigenvalue weighted by atomic mass is 9.95. The Kier molecular flexibility index (Phi) is 6.07. The molecule has 0 bridgehead atoms. The van der Waals surface area contributed by atoms with Crippen LogP contribution in [0.2, 0.25) is 0 Å². The summed E-state index contributed by atoms with van der Waals surface area (Å²) in [6, 6.07) is 1.88. The number of amides is 1. The average Bonchev–Trinajstić information content (AvgIpc) is 2.64. The predicted octanol–water partition coefficient (Wildman–Crippen LogP) is 1.86. The molecule has 0 aliphatic carbocycles. The Bertz CT molecular complexity index is 588. The standard InChI is InChI=1S/C18H28N4O3/c1-24-13-15-19-16(11-17(20-15)25-2)21-9-6-14(7-10-21)12-22-8-4-3-5-18(22)23/h11,14H,3-10,12-13H2,1-2H3. The minimum atomic E-state index is 0.332. The molecule has 0 radical (unpaired) electrons. The van der Waals surface area contributed by atoms with Crippen LogP contribution in [-0.2, 0) is 16.1 Å². The maximum Gasteiger partial charge on any atom is 0.222 e. The molecule has 2 aliphatic rings. The number of carbonyl (C=O) groups is 1. The molecule has 2 fully saturated rings. The Morgan fingerprint density at radius 1 is 1.16 bits per heavy atom. The zero-order valence-electron chi connectivity index (χ0n) is 15.2. The molecule has 2 saturated heterocycles. The molecule has 2 aliphatic heterocycles. The van der Waals surface area contributed by atoms with Gasteiger partial charge in [0.05, 0.1) is 7.11 Å². The molecule has 0 spiro atoms. The Morgan fingerprint density at radius 3 is 2.64 bits per heavy atom. The van der Waals surface area contributed by atoms with E-state index in [1.54, 1.807) is 14.2 Å². The molecule has 7 heteroatoms. The van der Waals surface area contributed by atoms with Crippen LogP contribution in [0.1, 0.15) is 37.9 Å². The first kappa shape index (κ1) is 17.9. The van der Waals surface area contributed by atoms with E-state index in [0.29, 0.717) is 30.1 Å². The van der Waals surface area contributed by atoms with E-state index < -0.39 is 0 Å². The summed E-state index contributed by atoms with van der Waals surface area (Å²) < 4.78 is 10.4. The van der Waals surface area contributed by atoms with Crippen LogP contribution < -0.4 is 9.64 Å². The van der Waals surface area contributed by atoms with E-state index in [0.717, 1.165) is 64.1 Å². The first-order chi connectivity index (χ1) is 12.2. The van der Waals surface area contributed by atoms with Gasteiger partial charge in [0, 0.05) is 45.8 Å². The number of hydrogen-bond donors (Lipinski definition) is 0. The second-order valence-corrected chi connectivity index (χ2v) is 6.85. The smallest absolute Gasteiger partial charge is 0.222 e. The third-order valence-corrected chi connectivity index (χ3v) is 5.06. The van der Waals surface area contributed by atoms with E-state index in [1.165, 1.54) is 0 Å². The lowest BCUT2D eigenvalue weighted by Gasteiger charge is -2.36. The highest BCUT2D eigenvalue weighted by atomic mass is 16.5. The minimum absolute atomic E-state index is 0.332. The molecule has 0 aromatic carbocycles. The van der Waals surface area contributed by atoms with E-state index >= 15 is 0 Å². The van der Waals surface area contributed by atoms with Crippen molar-refractivity contribution in [2.45, 2.75) is 38.7 Å². The monoisotopic (exact) mass is 348 g/mol. The van der Waals surface area contributed by atoms with E-state index in [-0.39, 0.29) is 0 Å². The number of aromatic nitrogens is 2. The van der Waals surface area contributed by atoms with Crippen molar-refractivity contribution in [3.63, 3.8) is 0 Å². The molecule has 1 aromatic rings. The molecular weight excluding hydrogens is 320 g/mol. The van der Waals surface area contributed by atoms with Gasteiger partial charge in [0.15, 0.2) is 5.82 Å². The Balaban J connectivity index is 1.58. The van der Waals surface area contributed by atoms with Crippen LogP contribution in [-0.4, -0.2) is 61.2 Å². The van der Waals surface area contributed by atoms with Gasteiger partial charge in [-0.15, -0.1) is 0 Å². The van der Waals surface area contributed by atoms with Crippen molar-refractivity contribution in [1.82, 2.24) is 14.9 Å². The molecule has 0 saturated carbocycles. The fourth-order valence-corrected chi connectivity index (χ4v) is 3.63. The quantitative estimate of drug-likeness (QED) is 0.782. The average molecular weight is 348 g/mol. The first-order valence-corrected chi connectivity index (χ1v) is 9.13. The van der Waals surface area contributed by atoms with Crippen LogP contribution in [0.15, 0.2) is 6.07 Å². The molecule has 0 N–H and O–H groups in total. The molecule has 1 aromatic heterocycles. The number of likely N-dealkylation sites (tertiary alicyclic amines) is 1. The minimum Gasteiger partial charge on any atom is -0.481 e. The zero-order valence-corrected chi connectivity index (χ0v) is 15.2. The topological polar surface area (TPSA) is 67.8 Å². The van der Waals surface area contributed by atoms with E-state index in [9.17, 15) is 4.79 Å². The highest BCUT2D eigenvalue weighted by molar-refractivity contribution is 5.76. The summed E-state index contributed by atoms with van der Waals surface area (Å²) in [6.45, 7) is 4.10. The van der Waals surface area contributed by atoms with Crippen molar-refractivity contribution in [3.8, 4) is 5.88 Å². The van der Waals surface area contributed by atoms with Gasteiger partial charge in [-0.2, -0.15) is 4.98 Å². The summed E-state index contributed by atoms with van der Waals surface area (Å²) in [5.41, 5.74) is 0. The van der Waals surface area contributed by atoms with Crippen molar-refractivity contribution < 1.29 is 14.3 Å². The van der Waals surface area contributed by atoms with Crippen molar-refractivity contribution in [3.05, 3.63) is 11.9 Å². The van der Waals surface area contributed by atoms with Crippen LogP contribution in [0.3, 0.4) is 0 Å².